The molecule has 0 spiro atoms. The fourth-order valence-corrected chi connectivity index (χ4v) is 1.93. The molecule has 2 nitrogen and oxygen atoms in total. The predicted octanol–water partition coefficient (Wildman–Crippen LogP) is 3.11. The number of halogens is 1. The molecule has 0 aliphatic rings. The van der Waals surface area contributed by atoms with Gasteiger partial charge in [-0.3, -0.25) is 0 Å². The van der Waals surface area contributed by atoms with Crippen LogP contribution in [-0.4, -0.2) is 11.5 Å². The molecule has 0 bridgehead atoms. The van der Waals surface area contributed by atoms with Gasteiger partial charge in [0.05, 0.1) is 0 Å². The third-order valence-corrected chi connectivity index (χ3v) is 3.04. The van der Waals surface area contributed by atoms with Gasteiger partial charge < -0.3 is 11.1 Å². The van der Waals surface area contributed by atoms with E-state index in [1.54, 1.807) is 12.1 Å². The Morgan fingerprint density at radius 3 is 2.53 bits per heavy atom. The molecule has 0 heterocycles. The first kappa shape index (κ1) is 13.5. The molecule has 2 aromatic rings. The molecule has 0 saturated heterocycles. The van der Waals surface area contributed by atoms with Gasteiger partial charge in [0, 0.05) is 17.8 Å². The highest BCUT2D eigenvalue weighted by Crippen LogP contribution is 2.10. The second-order valence-electron chi connectivity index (χ2n) is 4.25. The van der Waals surface area contributed by atoms with Crippen LogP contribution in [0.2, 0.25) is 0 Å². The first-order valence-electron chi connectivity index (χ1n) is 6.03. The van der Waals surface area contributed by atoms with E-state index in [1.165, 1.54) is 6.07 Å². The summed E-state index contributed by atoms with van der Waals surface area (Å²) in [5, 5.41) is 3.27. The van der Waals surface area contributed by atoms with Crippen LogP contribution in [0.1, 0.15) is 11.1 Å². The largest absolute Gasteiger partial charge is 0.389 e. The van der Waals surface area contributed by atoms with Crippen molar-refractivity contribution in [1.29, 1.82) is 0 Å². The van der Waals surface area contributed by atoms with Gasteiger partial charge in [-0.2, -0.15) is 0 Å². The van der Waals surface area contributed by atoms with Crippen molar-refractivity contribution in [3.63, 3.8) is 0 Å². The predicted molar refractivity (Wildman–Crippen MR) is 80.9 cm³/mol. The molecule has 2 rings (SSSR count). The number of nitrogens with one attached hydrogen (secondary N) is 1. The Labute approximate surface area is 117 Å². The summed E-state index contributed by atoms with van der Waals surface area (Å²) in [5.74, 6) is -0.196. The summed E-state index contributed by atoms with van der Waals surface area (Å²) in [6.45, 7) is 0.746. The highest BCUT2D eigenvalue weighted by atomic mass is 32.1. The van der Waals surface area contributed by atoms with E-state index in [2.05, 4.69) is 5.32 Å². The minimum atomic E-state index is -0.196. The Kier molecular flexibility index (Phi) is 4.47. The summed E-state index contributed by atoms with van der Waals surface area (Å²) < 4.78 is 13.0. The summed E-state index contributed by atoms with van der Waals surface area (Å²) >= 11 is 4.89. The van der Waals surface area contributed by atoms with Crippen molar-refractivity contribution in [1.82, 2.24) is 0 Å². The number of hydrogen-bond donors (Lipinski definition) is 2. The van der Waals surface area contributed by atoms with Gasteiger partial charge >= 0.3 is 0 Å². The van der Waals surface area contributed by atoms with Gasteiger partial charge in [0.1, 0.15) is 10.8 Å². The van der Waals surface area contributed by atoms with Crippen LogP contribution in [0.25, 0.3) is 0 Å². The summed E-state index contributed by atoms with van der Waals surface area (Å²) in [7, 11) is 0. The lowest BCUT2D eigenvalue weighted by Gasteiger charge is -2.07. The molecule has 0 atom stereocenters. The molecule has 0 fully saturated rings. The molecule has 98 valence electrons. The fraction of sp³-hybridized carbons (Fsp3) is 0.133. The Bertz CT molecular complexity index is 567. The van der Waals surface area contributed by atoms with Crippen molar-refractivity contribution in [3.05, 3.63) is 65.5 Å². The molecule has 0 saturated carbocycles. The average Bonchev–Trinajstić information content (AvgIpc) is 2.39. The Hall–Kier alpha value is -1.94. The first-order chi connectivity index (χ1) is 9.15. The lowest BCUT2D eigenvalue weighted by Crippen LogP contribution is -2.09. The maximum atomic E-state index is 13.0. The Morgan fingerprint density at radius 2 is 1.89 bits per heavy atom. The van der Waals surface area contributed by atoms with Gasteiger partial charge in [0.25, 0.3) is 0 Å². The van der Waals surface area contributed by atoms with Gasteiger partial charge in [0.15, 0.2) is 0 Å². The van der Waals surface area contributed by atoms with Crippen LogP contribution < -0.4 is 11.1 Å². The van der Waals surface area contributed by atoms with E-state index in [0.29, 0.717) is 4.99 Å². The fourth-order valence-electron chi connectivity index (χ4n) is 1.80. The minimum absolute atomic E-state index is 0.196. The van der Waals surface area contributed by atoms with Crippen molar-refractivity contribution in [2.24, 2.45) is 5.73 Å². The van der Waals surface area contributed by atoms with E-state index < -0.39 is 0 Å². The summed E-state index contributed by atoms with van der Waals surface area (Å²) in [5.41, 5.74) is 8.36. The summed E-state index contributed by atoms with van der Waals surface area (Å²) in [4.78, 5) is 0.395. The van der Waals surface area contributed by atoms with Gasteiger partial charge in [-0.05, 0) is 48.4 Å². The second kappa shape index (κ2) is 6.29. The molecule has 0 aliphatic carbocycles. The molecule has 0 unspecified atom stereocenters. The highest BCUT2D eigenvalue weighted by molar-refractivity contribution is 7.80. The van der Waals surface area contributed by atoms with Crippen molar-refractivity contribution < 1.29 is 4.39 Å². The van der Waals surface area contributed by atoms with Gasteiger partial charge in [-0.1, -0.05) is 24.4 Å². The number of hydrogen-bond acceptors (Lipinski definition) is 2. The number of nitrogens with two attached hydrogens (primary N) is 1. The van der Waals surface area contributed by atoms with E-state index in [0.717, 1.165) is 29.8 Å². The van der Waals surface area contributed by atoms with Crippen LogP contribution >= 0.6 is 12.2 Å². The SMILES string of the molecule is NC(=S)c1ccc(NCCc2cccc(F)c2)cc1. The van der Waals surface area contributed by atoms with Gasteiger partial charge in [-0.25, -0.2) is 4.39 Å². The number of benzene rings is 2. The van der Waals surface area contributed by atoms with E-state index >= 15 is 0 Å². The molecule has 2 aromatic carbocycles. The van der Waals surface area contributed by atoms with Crippen LogP contribution in [0, 0.1) is 5.82 Å². The minimum Gasteiger partial charge on any atom is -0.389 e. The molecule has 0 amide bonds. The molecule has 0 aromatic heterocycles. The van der Waals surface area contributed by atoms with Gasteiger partial charge in [0.2, 0.25) is 0 Å². The molecule has 0 radical (unpaired) electrons. The molecule has 3 N–H and O–H groups in total. The highest BCUT2D eigenvalue weighted by Gasteiger charge is 1.98. The zero-order chi connectivity index (χ0) is 13.7. The first-order valence-corrected chi connectivity index (χ1v) is 6.44. The quantitative estimate of drug-likeness (QED) is 0.823. The van der Waals surface area contributed by atoms with Crippen molar-refractivity contribution in [2.45, 2.75) is 6.42 Å². The summed E-state index contributed by atoms with van der Waals surface area (Å²) in [6, 6.07) is 14.3. The Morgan fingerprint density at radius 1 is 1.16 bits per heavy atom. The lowest BCUT2D eigenvalue weighted by molar-refractivity contribution is 0.625. The smallest absolute Gasteiger partial charge is 0.123 e. The number of thiocarbonyl (C=S) groups is 1. The van der Waals surface area contributed by atoms with Crippen molar-refractivity contribution in [3.8, 4) is 0 Å². The topological polar surface area (TPSA) is 38.0 Å². The standard InChI is InChI=1S/C15H15FN2S/c16-13-3-1-2-11(10-13)8-9-18-14-6-4-12(5-7-14)15(17)19/h1-7,10,18H,8-9H2,(H2,17,19). The normalized spacial score (nSPS) is 10.2. The molecular weight excluding hydrogens is 259 g/mol. The number of rotatable bonds is 5. The maximum absolute atomic E-state index is 13.0. The van der Waals surface area contributed by atoms with Crippen molar-refractivity contribution in [2.75, 3.05) is 11.9 Å². The summed E-state index contributed by atoms with van der Waals surface area (Å²) in [6.07, 6.45) is 0.773. The second-order valence-corrected chi connectivity index (χ2v) is 4.69. The van der Waals surface area contributed by atoms with Gasteiger partial charge in [-0.15, -0.1) is 0 Å². The average molecular weight is 274 g/mol. The Balaban J connectivity index is 1.87. The van der Waals surface area contributed by atoms with Crippen LogP contribution in [0.4, 0.5) is 10.1 Å². The third-order valence-electron chi connectivity index (χ3n) is 2.80. The molecule has 19 heavy (non-hydrogen) atoms. The lowest BCUT2D eigenvalue weighted by atomic mass is 10.1. The molecular formula is C15H15FN2S. The monoisotopic (exact) mass is 274 g/mol. The third kappa shape index (κ3) is 4.03. The zero-order valence-electron chi connectivity index (χ0n) is 10.4. The maximum Gasteiger partial charge on any atom is 0.123 e. The van der Waals surface area contributed by atoms with Crippen LogP contribution in [0.3, 0.4) is 0 Å². The van der Waals surface area contributed by atoms with Crippen LogP contribution in [0.15, 0.2) is 48.5 Å². The van der Waals surface area contributed by atoms with E-state index in [1.807, 2.05) is 30.3 Å². The zero-order valence-corrected chi connectivity index (χ0v) is 11.2. The molecule has 0 aliphatic heterocycles. The number of anilines is 1. The van der Waals surface area contributed by atoms with Crippen LogP contribution in [-0.2, 0) is 6.42 Å². The molecule has 4 heteroatoms. The van der Waals surface area contributed by atoms with Crippen LogP contribution in [0.5, 0.6) is 0 Å². The van der Waals surface area contributed by atoms with E-state index in [-0.39, 0.29) is 5.82 Å². The van der Waals surface area contributed by atoms with E-state index in [4.69, 9.17) is 18.0 Å². The van der Waals surface area contributed by atoms with Crippen molar-refractivity contribution >= 4 is 22.9 Å². The van der Waals surface area contributed by atoms with E-state index in [9.17, 15) is 4.39 Å².